The van der Waals surface area contributed by atoms with E-state index in [0.717, 1.165) is 31.7 Å². The first-order chi connectivity index (χ1) is 9.97. The molecule has 0 radical (unpaired) electrons. The Balaban J connectivity index is 0.00000242. The first-order valence-corrected chi connectivity index (χ1v) is 7.75. The summed E-state index contributed by atoms with van der Waals surface area (Å²) < 4.78 is 5.98. The van der Waals surface area contributed by atoms with E-state index < -0.39 is 0 Å². The summed E-state index contributed by atoms with van der Waals surface area (Å²) >= 11 is 0. The van der Waals surface area contributed by atoms with Crippen molar-refractivity contribution in [3.05, 3.63) is 29.8 Å². The molecule has 4 nitrogen and oxygen atoms in total. The first-order valence-electron chi connectivity index (χ1n) is 7.75. The molecular formula is C17H27ClN2O2. The van der Waals surface area contributed by atoms with Gasteiger partial charge in [0.1, 0.15) is 11.9 Å². The number of piperidine rings is 1. The molecule has 22 heavy (non-hydrogen) atoms. The van der Waals surface area contributed by atoms with Gasteiger partial charge in [-0.1, -0.05) is 24.6 Å². The maximum atomic E-state index is 12.2. The van der Waals surface area contributed by atoms with Gasteiger partial charge in [0.15, 0.2) is 0 Å². The van der Waals surface area contributed by atoms with Gasteiger partial charge >= 0.3 is 0 Å². The number of hydrogen-bond acceptors (Lipinski definition) is 3. The van der Waals surface area contributed by atoms with Gasteiger partial charge in [-0.3, -0.25) is 4.79 Å². The fraction of sp³-hybridized carbons (Fsp3) is 0.588. The maximum absolute atomic E-state index is 12.2. The lowest BCUT2D eigenvalue weighted by atomic mass is 10.00. The molecule has 2 unspecified atom stereocenters. The minimum absolute atomic E-state index is 0. The number of carbonyl (C=O) groups is 1. The van der Waals surface area contributed by atoms with Gasteiger partial charge in [-0.05, 0) is 26.0 Å². The Kier molecular flexibility index (Phi) is 7.17. The van der Waals surface area contributed by atoms with Crippen molar-refractivity contribution in [3.8, 4) is 5.75 Å². The highest BCUT2D eigenvalue weighted by Crippen LogP contribution is 2.20. The molecular weight excluding hydrogens is 300 g/mol. The first kappa shape index (κ1) is 18.8. The molecule has 124 valence electrons. The number of amides is 1. The molecule has 0 spiro atoms. The number of carbonyl (C=O) groups excluding carboxylic acids is 1. The Morgan fingerprint density at radius 2 is 1.77 bits per heavy atom. The van der Waals surface area contributed by atoms with E-state index in [1.54, 1.807) is 0 Å². The van der Waals surface area contributed by atoms with Crippen LogP contribution in [0.25, 0.3) is 0 Å². The lowest BCUT2D eigenvalue weighted by Crippen LogP contribution is -2.47. The van der Waals surface area contributed by atoms with Crippen LogP contribution in [0.4, 0.5) is 0 Å². The highest BCUT2D eigenvalue weighted by molar-refractivity contribution is 5.85. The summed E-state index contributed by atoms with van der Waals surface area (Å²) in [5, 5.41) is 0. The van der Waals surface area contributed by atoms with E-state index >= 15 is 0 Å². The smallest absolute Gasteiger partial charge is 0.226 e. The second-order valence-corrected chi connectivity index (χ2v) is 6.10. The van der Waals surface area contributed by atoms with E-state index in [0.29, 0.717) is 0 Å². The number of hydrogen-bond donors (Lipinski definition) is 1. The fourth-order valence-corrected chi connectivity index (χ4v) is 2.52. The summed E-state index contributed by atoms with van der Waals surface area (Å²) in [6.07, 6.45) is 1.96. The molecule has 1 aliphatic rings. The normalized spacial score (nSPS) is 18.3. The predicted molar refractivity (Wildman–Crippen MR) is 91.5 cm³/mol. The number of halogens is 1. The van der Waals surface area contributed by atoms with E-state index in [1.807, 2.05) is 30.9 Å². The summed E-state index contributed by atoms with van der Waals surface area (Å²) in [7, 11) is 0. The molecule has 2 rings (SSSR count). The molecule has 0 bridgehead atoms. The lowest BCUT2D eigenvalue weighted by Gasteiger charge is -2.34. The van der Waals surface area contributed by atoms with Gasteiger partial charge in [0.25, 0.3) is 0 Å². The minimum Gasteiger partial charge on any atom is -0.490 e. The zero-order chi connectivity index (χ0) is 15.4. The second kappa shape index (κ2) is 8.39. The Hall–Kier alpha value is -1.26. The Labute approximate surface area is 139 Å². The monoisotopic (exact) mass is 326 g/mol. The summed E-state index contributed by atoms with van der Waals surface area (Å²) in [6.45, 7) is 7.37. The third kappa shape index (κ3) is 4.89. The number of nitrogens with two attached hydrogens (primary N) is 1. The maximum Gasteiger partial charge on any atom is 0.226 e. The SMILES string of the molecule is Cc1ccc(OC2CCN(C(=O)C(C)C(C)N)CC2)cc1.Cl. The third-order valence-corrected chi connectivity index (χ3v) is 4.26. The van der Waals surface area contributed by atoms with Crippen LogP contribution in [0, 0.1) is 12.8 Å². The standard InChI is InChI=1S/C17H26N2O2.ClH/c1-12-4-6-15(7-5-12)21-16-8-10-19(11-9-16)17(20)13(2)14(3)18;/h4-7,13-14,16H,8-11,18H2,1-3H3;1H. The highest BCUT2D eigenvalue weighted by atomic mass is 35.5. The number of benzene rings is 1. The van der Waals surface area contributed by atoms with Gasteiger partial charge in [-0.15, -0.1) is 12.4 Å². The van der Waals surface area contributed by atoms with Gasteiger partial charge in [0, 0.05) is 32.0 Å². The van der Waals surface area contributed by atoms with Crippen LogP contribution in [-0.2, 0) is 4.79 Å². The average Bonchev–Trinajstić information content (AvgIpc) is 2.49. The van der Waals surface area contributed by atoms with Crippen LogP contribution < -0.4 is 10.5 Å². The van der Waals surface area contributed by atoms with Gasteiger partial charge in [0.2, 0.25) is 5.91 Å². The van der Waals surface area contributed by atoms with Crippen LogP contribution in [0.3, 0.4) is 0 Å². The van der Waals surface area contributed by atoms with Crippen LogP contribution in [0.1, 0.15) is 32.3 Å². The molecule has 1 aromatic rings. The molecule has 1 aromatic carbocycles. The third-order valence-electron chi connectivity index (χ3n) is 4.26. The van der Waals surface area contributed by atoms with Gasteiger partial charge in [0.05, 0.1) is 5.92 Å². The van der Waals surface area contributed by atoms with E-state index in [2.05, 4.69) is 19.1 Å². The quantitative estimate of drug-likeness (QED) is 0.925. The van der Waals surface area contributed by atoms with Crippen LogP contribution in [0.2, 0.25) is 0 Å². The molecule has 0 aliphatic carbocycles. The second-order valence-electron chi connectivity index (χ2n) is 6.10. The van der Waals surface area contributed by atoms with Crippen molar-refractivity contribution in [3.63, 3.8) is 0 Å². The molecule has 1 heterocycles. The minimum atomic E-state index is -0.112. The van der Waals surface area contributed by atoms with Crippen LogP contribution in [0.5, 0.6) is 5.75 Å². The molecule has 2 N–H and O–H groups in total. The number of rotatable bonds is 4. The number of aryl methyl sites for hydroxylation is 1. The van der Waals surface area contributed by atoms with Crippen molar-refractivity contribution in [1.29, 1.82) is 0 Å². The number of ether oxygens (including phenoxy) is 1. The van der Waals surface area contributed by atoms with Crippen LogP contribution in [-0.4, -0.2) is 36.0 Å². The van der Waals surface area contributed by atoms with Gasteiger partial charge < -0.3 is 15.4 Å². The molecule has 1 saturated heterocycles. The van der Waals surface area contributed by atoms with Crippen molar-refractivity contribution in [2.24, 2.45) is 11.7 Å². The largest absolute Gasteiger partial charge is 0.490 e. The van der Waals surface area contributed by atoms with Crippen LogP contribution >= 0.6 is 12.4 Å². The van der Waals surface area contributed by atoms with Gasteiger partial charge in [-0.25, -0.2) is 0 Å². The summed E-state index contributed by atoms with van der Waals surface area (Å²) in [5.74, 6) is 0.965. The fourth-order valence-electron chi connectivity index (χ4n) is 2.52. The number of likely N-dealkylation sites (tertiary alicyclic amines) is 1. The Morgan fingerprint density at radius 1 is 1.23 bits per heavy atom. The van der Waals surface area contributed by atoms with Crippen molar-refractivity contribution in [2.45, 2.75) is 45.8 Å². The summed E-state index contributed by atoms with van der Waals surface area (Å²) in [4.78, 5) is 14.2. The molecule has 2 atom stereocenters. The van der Waals surface area contributed by atoms with Crippen molar-refractivity contribution in [2.75, 3.05) is 13.1 Å². The summed E-state index contributed by atoms with van der Waals surface area (Å²) in [5.41, 5.74) is 7.04. The van der Waals surface area contributed by atoms with E-state index in [9.17, 15) is 4.79 Å². The highest BCUT2D eigenvalue weighted by Gasteiger charge is 2.28. The van der Waals surface area contributed by atoms with E-state index in [4.69, 9.17) is 10.5 Å². The van der Waals surface area contributed by atoms with E-state index in [1.165, 1.54) is 5.56 Å². The molecule has 0 saturated carbocycles. The zero-order valence-electron chi connectivity index (χ0n) is 13.6. The molecule has 1 amide bonds. The topological polar surface area (TPSA) is 55.6 Å². The van der Waals surface area contributed by atoms with Crippen molar-refractivity contribution in [1.82, 2.24) is 4.90 Å². The molecule has 1 fully saturated rings. The number of nitrogens with zero attached hydrogens (tertiary/aromatic N) is 1. The van der Waals surface area contributed by atoms with Gasteiger partial charge in [-0.2, -0.15) is 0 Å². The lowest BCUT2D eigenvalue weighted by molar-refractivity contribution is -0.137. The Morgan fingerprint density at radius 3 is 2.27 bits per heavy atom. The zero-order valence-corrected chi connectivity index (χ0v) is 14.4. The van der Waals surface area contributed by atoms with Crippen molar-refractivity contribution >= 4 is 18.3 Å². The Bertz CT molecular complexity index is 468. The molecule has 0 aromatic heterocycles. The average molecular weight is 327 g/mol. The van der Waals surface area contributed by atoms with Crippen molar-refractivity contribution < 1.29 is 9.53 Å². The summed E-state index contributed by atoms with van der Waals surface area (Å²) in [6, 6.07) is 8.02. The van der Waals surface area contributed by atoms with Crippen LogP contribution in [0.15, 0.2) is 24.3 Å². The molecule has 1 aliphatic heterocycles. The molecule has 5 heteroatoms. The van der Waals surface area contributed by atoms with E-state index in [-0.39, 0.29) is 36.4 Å². The predicted octanol–water partition coefficient (Wildman–Crippen LogP) is 2.77.